The number of H-pyrrole nitrogens is 1. The zero-order chi connectivity index (χ0) is 18.5. The molecule has 2 heterocycles. The molecular weight excluding hydrogens is 338 g/mol. The largest absolute Gasteiger partial charge is 0.331 e. The molecule has 3 aromatic rings. The van der Waals surface area contributed by atoms with Gasteiger partial charge >= 0.3 is 0 Å². The van der Waals surface area contributed by atoms with Crippen molar-refractivity contribution in [3.63, 3.8) is 0 Å². The molecule has 27 heavy (non-hydrogen) atoms. The van der Waals surface area contributed by atoms with Gasteiger partial charge in [0.15, 0.2) is 0 Å². The summed E-state index contributed by atoms with van der Waals surface area (Å²) in [6, 6.07) is 11.8. The van der Waals surface area contributed by atoms with Crippen LogP contribution >= 0.6 is 0 Å². The van der Waals surface area contributed by atoms with Gasteiger partial charge in [-0.05, 0) is 49.1 Å². The molecule has 1 aromatic heterocycles. The average Bonchev–Trinajstić information content (AvgIpc) is 3.29. The van der Waals surface area contributed by atoms with E-state index in [-0.39, 0.29) is 11.5 Å². The van der Waals surface area contributed by atoms with Crippen LogP contribution in [-0.2, 0) is 6.54 Å². The minimum absolute atomic E-state index is 0.0894. The van der Waals surface area contributed by atoms with Crippen molar-refractivity contribution >= 4 is 16.9 Å². The Balaban J connectivity index is 1.63. The van der Waals surface area contributed by atoms with E-state index >= 15 is 0 Å². The number of hydrogen-bond donors (Lipinski definition) is 1. The molecule has 1 fully saturated rings. The summed E-state index contributed by atoms with van der Waals surface area (Å²) in [5.74, 6) is 0.0894. The molecule has 2 aromatic carbocycles. The van der Waals surface area contributed by atoms with Crippen LogP contribution in [0.3, 0.4) is 0 Å². The van der Waals surface area contributed by atoms with Crippen LogP contribution in [0.1, 0.15) is 47.2 Å². The molecule has 1 aliphatic carbocycles. The number of aromatic amines is 1. The summed E-state index contributed by atoms with van der Waals surface area (Å²) in [5.41, 5.74) is 5.15. The number of fused-ring (bicyclic) bond motifs is 2. The highest BCUT2D eigenvalue weighted by molar-refractivity contribution is 6.00. The Morgan fingerprint density at radius 1 is 1.07 bits per heavy atom. The molecule has 5 heteroatoms. The summed E-state index contributed by atoms with van der Waals surface area (Å²) in [7, 11) is 0. The maximum Gasteiger partial charge on any atom is 0.274 e. The number of nitrogens with zero attached hydrogens (tertiary/aromatic N) is 2. The van der Waals surface area contributed by atoms with E-state index in [1.165, 1.54) is 12.8 Å². The molecular formula is C22H21N3O2. The van der Waals surface area contributed by atoms with Crippen molar-refractivity contribution in [1.82, 2.24) is 14.9 Å². The van der Waals surface area contributed by atoms with Crippen LogP contribution in [0.25, 0.3) is 22.3 Å². The summed E-state index contributed by atoms with van der Waals surface area (Å²) < 4.78 is 0. The molecule has 1 aliphatic heterocycles. The summed E-state index contributed by atoms with van der Waals surface area (Å²) in [4.78, 5) is 35.2. The van der Waals surface area contributed by atoms with E-state index in [1.807, 2.05) is 48.2 Å². The number of carbonyl (C=O) groups excluding carboxylic acids is 1. The molecule has 1 N–H and O–H groups in total. The SMILES string of the molecule is Cc1ccc2nc(-c3cccc4c3CN(C3CCCC3)C4=O)c(=O)[nH]c2c1. The number of amides is 1. The number of rotatable bonds is 2. The standard InChI is InChI=1S/C22H21N3O2/c1-13-9-10-18-19(11-13)24-21(26)20(23-18)15-7-4-8-16-17(15)12-25(22(16)27)14-5-2-3-6-14/h4,7-11,14H,2-3,5-6,12H2,1H3,(H,24,26). The highest BCUT2D eigenvalue weighted by atomic mass is 16.2. The zero-order valence-electron chi connectivity index (χ0n) is 15.3. The maximum atomic E-state index is 12.9. The van der Waals surface area contributed by atoms with Crippen LogP contribution in [-0.4, -0.2) is 26.8 Å². The van der Waals surface area contributed by atoms with Crippen LogP contribution in [0.4, 0.5) is 0 Å². The first-order valence-electron chi connectivity index (χ1n) is 9.56. The second kappa shape index (κ2) is 6.05. The second-order valence-electron chi connectivity index (χ2n) is 7.64. The molecule has 0 saturated heterocycles. The molecule has 5 rings (SSSR count). The summed E-state index contributed by atoms with van der Waals surface area (Å²) >= 11 is 0. The fourth-order valence-electron chi connectivity index (χ4n) is 4.47. The molecule has 2 aliphatic rings. The van der Waals surface area contributed by atoms with Gasteiger partial charge in [-0.3, -0.25) is 9.59 Å². The van der Waals surface area contributed by atoms with Gasteiger partial charge in [-0.15, -0.1) is 0 Å². The highest BCUT2D eigenvalue weighted by Crippen LogP contribution is 2.35. The molecule has 5 nitrogen and oxygen atoms in total. The van der Waals surface area contributed by atoms with Gasteiger partial charge in [0.25, 0.3) is 11.5 Å². The molecule has 0 radical (unpaired) electrons. The first-order chi connectivity index (χ1) is 13.1. The second-order valence-corrected chi connectivity index (χ2v) is 7.64. The monoisotopic (exact) mass is 359 g/mol. The lowest BCUT2D eigenvalue weighted by Crippen LogP contribution is -2.33. The van der Waals surface area contributed by atoms with Crippen molar-refractivity contribution in [2.24, 2.45) is 0 Å². The number of hydrogen-bond acceptors (Lipinski definition) is 3. The number of benzene rings is 2. The van der Waals surface area contributed by atoms with E-state index in [4.69, 9.17) is 0 Å². The van der Waals surface area contributed by atoms with E-state index in [0.29, 0.717) is 23.8 Å². The quantitative estimate of drug-likeness (QED) is 0.757. The van der Waals surface area contributed by atoms with Gasteiger partial charge in [-0.2, -0.15) is 0 Å². The molecule has 0 atom stereocenters. The van der Waals surface area contributed by atoms with Crippen molar-refractivity contribution < 1.29 is 4.79 Å². The summed E-state index contributed by atoms with van der Waals surface area (Å²) in [6.07, 6.45) is 4.51. The molecule has 0 unspecified atom stereocenters. The van der Waals surface area contributed by atoms with E-state index in [9.17, 15) is 9.59 Å². The van der Waals surface area contributed by atoms with E-state index in [1.54, 1.807) is 0 Å². The Bertz CT molecular complexity index is 1130. The highest BCUT2D eigenvalue weighted by Gasteiger charge is 2.35. The lowest BCUT2D eigenvalue weighted by Gasteiger charge is -2.23. The number of aromatic nitrogens is 2. The van der Waals surface area contributed by atoms with E-state index in [0.717, 1.165) is 40.6 Å². The van der Waals surface area contributed by atoms with Crippen LogP contribution in [0.5, 0.6) is 0 Å². The van der Waals surface area contributed by atoms with Crippen LogP contribution in [0, 0.1) is 6.92 Å². The Morgan fingerprint density at radius 3 is 2.67 bits per heavy atom. The molecule has 0 spiro atoms. The molecule has 136 valence electrons. The summed E-state index contributed by atoms with van der Waals surface area (Å²) in [5, 5.41) is 0. The number of carbonyl (C=O) groups is 1. The minimum atomic E-state index is -0.215. The fraction of sp³-hybridized carbons (Fsp3) is 0.318. The van der Waals surface area contributed by atoms with Crippen molar-refractivity contribution in [3.8, 4) is 11.3 Å². The first kappa shape index (κ1) is 16.2. The number of nitrogens with one attached hydrogen (secondary N) is 1. The smallest absolute Gasteiger partial charge is 0.274 e. The van der Waals surface area contributed by atoms with Crippen molar-refractivity contribution in [3.05, 3.63) is 63.4 Å². The third-order valence-electron chi connectivity index (χ3n) is 5.86. The Kier molecular flexibility index (Phi) is 3.64. The molecule has 0 bridgehead atoms. The Labute approximate surface area is 157 Å². The summed E-state index contributed by atoms with van der Waals surface area (Å²) in [6.45, 7) is 2.56. The van der Waals surface area contributed by atoms with Crippen molar-refractivity contribution in [2.45, 2.75) is 45.2 Å². The van der Waals surface area contributed by atoms with Gasteiger partial charge in [0.05, 0.1) is 11.0 Å². The lowest BCUT2D eigenvalue weighted by atomic mass is 10.0. The van der Waals surface area contributed by atoms with Crippen LogP contribution < -0.4 is 5.56 Å². The number of aryl methyl sites for hydroxylation is 1. The minimum Gasteiger partial charge on any atom is -0.331 e. The van der Waals surface area contributed by atoms with Crippen molar-refractivity contribution in [2.75, 3.05) is 0 Å². The molecule has 1 saturated carbocycles. The van der Waals surface area contributed by atoms with Gasteiger partial charge in [-0.25, -0.2) is 4.98 Å². The van der Waals surface area contributed by atoms with Crippen molar-refractivity contribution in [1.29, 1.82) is 0 Å². The normalized spacial score (nSPS) is 17.1. The van der Waals surface area contributed by atoms with Gasteiger partial charge < -0.3 is 9.88 Å². The fourth-order valence-corrected chi connectivity index (χ4v) is 4.47. The van der Waals surface area contributed by atoms with Gasteiger partial charge in [0.1, 0.15) is 5.69 Å². The third-order valence-corrected chi connectivity index (χ3v) is 5.86. The Hall–Kier alpha value is -2.95. The van der Waals surface area contributed by atoms with E-state index < -0.39 is 0 Å². The Morgan fingerprint density at radius 2 is 1.85 bits per heavy atom. The van der Waals surface area contributed by atoms with E-state index in [2.05, 4.69) is 9.97 Å². The van der Waals surface area contributed by atoms with Gasteiger partial charge in [-0.1, -0.05) is 31.0 Å². The van der Waals surface area contributed by atoms with Crippen LogP contribution in [0.2, 0.25) is 0 Å². The van der Waals surface area contributed by atoms with Gasteiger partial charge in [0.2, 0.25) is 0 Å². The molecule has 1 amide bonds. The van der Waals surface area contributed by atoms with Crippen LogP contribution in [0.15, 0.2) is 41.2 Å². The topological polar surface area (TPSA) is 66.1 Å². The zero-order valence-corrected chi connectivity index (χ0v) is 15.3. The van der Waals surface area contributed by atoms with Gasteiger partial charge in [0, 0.05) is 23.7 Å². The first-order valence-corrected chi connectivity index (χ1v) is 9.56. The maximum absolute atomic E-state index is 12.9. The predicted molar refractivity (Wildman–Crippen MR) is 105 cm³/mol. The predicted octanol–water partition coefficient (Wildman–Crippen LogP) is 3.80. The lowest BCUT2D eigenvalue weighted by molar-refractivity contribution is 0.0707. The average molecular weight is 359 g/mol. The third kappa shape index (κ3) is 2.57.